The van der Waals surface area contributed by atoms with Crippen LogP contribution in [0.15, 0.2) is 65.6 Å². The fourth-order valence-electron chi connectivity index (χ4n) is 3.98. The minimum absolute atomic E-state index is 0.175. The molecule has 0 saturated carbocycles. The Morgan fingerprint density at radius 2 is 1.66 bits per heavy atom. The molecular formula is C26H24F3NO4S. The zero-order valence-corrected chi connectivity index (χ0v) is 20.2. The van der Waals surface area contributed by atoms with Crippen molar-refractivity contribution < 1.29 is 31.1 Å². The predicted molar refractivity (Wildman–Crippen MR) is 126 cm³/mol. The maximum absolute atomic E-state index is 13.4. The van der Waals surface area contributed by atoms with E-state index in [1.165, 1.54) is 4.90 Å². The van der Waals surface area contributed by atoms with Gasteiger partial charge in [-0.2, -0.15) is 13.2 Å². The third-order valence-corrected chi connectivity index (χ3v) is 7.05. The molecule has 1 amide bonds. The molecule has 0 aromatic heterocycles. The Labute approximate surface area is 202 Å². The second-order valence-electron chi connectivity index (χ2n) is 8.75. The van der Waals surface area contributed by atoms with Crippen LogP contribution in [0.5, 0.6) is 5.75 Å². The van der Waals surface area contributed by atoms with Crippen LogP contribution < -0.4 is 4.74 Å². The molecule has 0 spiro atoms. The molecule has 184 valence electrons. The molecule has 9 heteroatoms. The number of fused-ring (bicyclic) bond motifs is 1. The first-order valence-corrected chi connectivity index (χ1v) is 12.8. The topological polar surface area (TPSA) is 63.7 Å². The highest BCUT2D eigenvalue weighted by molar-refractivity contribution is 7.90. The van der Waals surface area contributed by atoms with Gasteiger partial charge in [0.25, 0.3) is 5.91 Å². The number of sulfone groups is 1. The van der Waals surface area contributed by atoms with Crippen molar-refractivity contribution in [2.75, 3.05) is 6.26 Å². The average Bonchev–Trinajstić information content (AvgIpc) is 3.21. The normalized spacial score (nSPS) is 14.5. The van der Waals surface area contributed by atoms with Crippen LogP contribution in [0.3, 0.4) is 0 Å². The van der Waals surface area contributed by atoms with Crippen molar-refractivity contribution in [3.8, 4) is 16.9 Å². The molecule has 1 aliphatic heterocycles. The van der Waals surface area contributed by atoms with Gasteiger partial charge in [0, 0.05) is 19.3 Å². The third kappa shape index (κ3) is 5.35. The van der Waals surface area contributed by atoms with E-state index in [2.05, 4.69) is 6.07 Å². The SMILES string of the molecule is Cc1cccc(-c2ccc3c(c2)CN(C(=O)c2cc(S(C)(=O)=O)ccc2OC(C)C(F)(F)F)C3)c1. The summed E-state index contributed by atoms with van der Waals surface area (Å²) in [6.45, 7) is 3.32. The van der Waals surface area contributed by atoms with E-state index >= 15 is 0 Å². The lowest BCUT2D eigenvalue weighted by molar-refractivity contribution is -0.189. The molecule has 4 rings (SSSR count). The van der Waals surface area contributed by atoms with Crippen LogP contribution in [-0.4, -0.2) is 37.8 Å². The average molecular weight is 504 g/mol. The van der Waals surface area contributed by atoms with E-state index < -0.39 is 28.0 Å². The van der Waals surface area contributed by atoms with E-state index in [9.17, 15) is 26.4 Å². The Balaban J connectivity index is 1.65. The summed E-state index contributed by atoms with van der Waals surface area (Å²) >= 11 is 0. The highest BCUT2D eigenvalue weighted by Gasteiger charge is 2.39. The van der Waals surface area contributed by atoms with Gasteiger partial charge >= 0.3 is 6.18 Å². The smallest absolute Gasteiger partial charge is 0.425 e. The van der Waals surface area contributed by atoms with Gasteiger partial charge in [-0.15, -0.1) is 0 Å². The number of nitrogens with zero attached hydrogens (tertiary/aromatic N) is 1. The Hall–Kier alpha value is -3.33. The van der Waals surface area contributed by atoms with Crippen LogP contribution in [0.1, 0.15) is 34.0 Å². The Morgan fingerprint density at radius 1 is 0.971 bits per heavy atom. The van der Waals surface area contributed by atoms with Gasteiger partial charge in [0.2, 0.25) is 0 Å². The van der Waals surface area contributed by atoms with E-state index in [1.54, 1.807) is 0 Å². The monoisotopic (exact) mass is 503 g/mol. The van der Waals surface area contributed by atoms with Crippen LogP contribution in [-0.2, 0) is 22.9 Å². The van der Waals surface area contributed by atoms with Gasteiger partial charge in [-0.25, -0.2) is 8.42 Å². The maximum atomic E-state index is 13.4. The molecule has 3 aromatic carbocycles. The molecule has 0 saturated heterocycles. The van der Waals surface area contributed by atoms with Crippen LogP contribution in [0.4, 0.5) is 13.2 Å². The zero-order chi connectivity index (χ0) is 25.5. The summed E-state index contributed by atoms with van der Waals surface area (Å²) in [4.78, 5) is 14.7. The quantitative estimate of drug-likeness (QED) is 0.458. The number of halogens is 3. The van der Waals surface area contributed by atoms with Crippen molar-refractivity contribution in [3.63, 3.8) is 0 Å². The van der Waals surface area contributed by atoms with Gasteiger partial charge in [-0.3, -0.25) is 4.79 Å². The predicted octanol–water partition coefficient (Wildman–Crippen LogP) is 5.55. The van der Waals surface area contributed by atoms with Crippen LogP contribution in [0.2, 0.25) is 0 Å². The van der Waals surface area contributed by atoms with E-state index in [-0.39, 0.29) is 29.3 Å². The third-order valence-electron chi connectivity index (χ3n) is 5.94. The molecule has 0 radical (unpaired) electrons. The molecule has 5 nitrogen and oxygen atoms in total. The molecule has 1 atom stereocenters. The van der Waals surface area contributed by atoms with Crippen LogP contribution >= 0.6 is 0 Å². The van der Waals surface area contributed by atoms with Crippen molar-refractivity contribution in [3.05, 3.63) is 82.9 Å². The van der Waals surface area contributed by atoms with E-state index in [1.807, 2.05) is 43.3 Å². The lowest BCUT2D eigenvalue weighted by Gasteiger charge is -2.22. The fraction of sp³-hybridized carbons (Fsp3) is 0.269. The molecule has 0 bridgehead atoms. The Bertz CT molecular complexity index is 1400. The lowest BCUT2D eigenvalue weighted by Crippen LogP contribution is -2.32. The van der Waals surface area contributed by atoms with Crippen molar-refractivity contribution >= 4 is 15.7 Å². The van der Waals surface area contributed by atoms with Crippen molar-refractivity contribution in [1.82, 2.24) is 4.90 Å². The van der Waals surface area contributed by atoms with Gasteiger partial charge in [-0.05, 0) is 60.4 Å². The maximum Gasteiger partial charge on any atom is 0.425 e. The number of amides is 1. The van der Waals surface area contributed by atoms with E-state index in [0.29, 0.717) is 0 Å². The Kier molecular flexibility index (Phi) is 6.40. The minimum atomic E-state index is -4.65. The van der Waals surface area contributed by atoms with Gasteiger partial charge in [-0.1, -0.05) is 42.0 Å². The largest absolute Gasteiger partial charge is 0.480 e. The molecule has 1 heterocycles. The molecule has 0 aliphatic carbocycles. The zero-order valence-electron chi connectivity index (χ0n) is 19.4. The highest BCUT2D eigenvalue weighted by atomic mass is 32.2. The van der Waals surface area contributed by atoms with Gasteiger partial charge in [0.1, 0.15) is 5.75 Å². The summed E-state index contributed by atoms with van der Waals surface area (Å²) in [5, 5.41) is 0. The van der Waals surface area contributed by atoms with Crippen molar-refractivity contribution in [2.45, 2.75) is 44.1 Å². The van der Waals surface area contributed by atoms with Crippen molar-refractivity contribution in [2.24, 2.45) is 0 Å². The molecule has 35 heavy (non-hydrogen) atoms. The number of hydrogen-bond donors (Lipinski definition) is 0. The number of alkyl halides is 3. The van der Waals surface area contributed by atoms with Crippen LogP contribution in [0.25, 0.3) is 11.1 Å². The second-order valence-corrected chi connectivity index (χ2v) is 10.8. The summed E-state index contributed by atoms with van der Waals surface area (Å²) < 4.78 is 68.5. The summed E-state index contributed by atoms with van der Waals surface area (Å²) in [6.07, 6.45) is -5.86. The summed E-state index contributed by atoms with van der Waals surface area (Å²) in [6, 6.07) is 17.2. The summed E-state index contributed by atoms with van der Waals surface area (Å²) in [5.74, 6) is -0.920. The number of benzene rings is 3. The minimum Gasteiger partial charge on any atom is -0.480 e. The molecule has 1 aliphatic rings. The molecule has 0 N–H and O–H groups in total. The number of ether oxygens (including phenoxy) is 1. The van der Waals surface area contributed by atoms with Gasteiger partial charge in [0.15, 0.2) is 15.9 Å². The number of carbonyl (C=O) groups is 1. The summed E-state index contributed by atoms with van der Waals surface area (Å²) in [5.41, 5.74) is 4.75. The van der Waals surface area contributed by atoms with Gasteiger partial charge in [0.05, 0.1) is 10.5 Å². The van der Waals surface area contributed by atoms with E-state index in [4.69, 9.17) is 4.74 Å². The number of hydrogen-bond acceptors (Lipinski definition) is 4. The summed E-state index contributed by atoms with van der Waals surface area (Å²) in [7, 11) is -3.70. The van der Waals surface area contributed by atoms with Gasteiger partial charge < -0.3 is 9.64 Å². The molecule has 3 aromatic rings. The lowest BCUT2D eigenvalue weighted by atomic mass is 9.99. The molecule has 1 unspecified atom stereocenters. The van der Waals surface area contributed by atoms with E-state index in [0.717, 1.165) is 59.2 Å². The fourth-order valence-corrected chi connectivity index (χ4v) is 4.63. The van der Waals surface area contributed by atoms with Crippen molar-refractivity contribution in [1.29, 1.82) is 0 Å². The number of rotatable bonds is 5. The first-order chi connectivity index (χ1) is 16.3. The number of aryl methyl sites for hydroxylation is 1. The molecule has 0 fully saturated rings. The Morgan fingerprint density at radius 3 is 2.31 bits per heavy atom. The first kappa shape index (κ1) is 24.8. The van der Waals surface area contributed by atoms with Crippen LogP contribution in [0, 0.1) is 6.92 Å². The molecular weight excluding hydrogens is 479 g/mol. The first-order valence-electron chi connectivity index (χ1n) is 10.9. The standard InChI is InChI=1S/C26H24F3NO4S/c1-16-5-4-6-18(11-16)19-7-8-20-14-30(15-21(20)12-19)25(31)23-13-22(35(3,32)33)9-10-24(23)34-17(2)26(27,28)29/h4-13,17H,14-15H2,1-3H3. The highest BCUT2D eigenvalue weighted by Crippen LogP contribution is 2.33. The second kappa shape index (κ2) is 9.03. The number of carbonyl (C=O) groups excluding carboxylic acids is 1.